The molecule has 200 valence electrons. The lowest BCUT2D eigenvalue weighted by Crippen LogP contribution is -2.49. The van der Waals surface area contributed by atoms with E-state index in [-0.39, 0.29) is 29.7 Å². The van der Waals surface area contributed by atoms with Gasteiger partial charge in [0, 0.05) is 31.4 Å². The number of ether oxygens (including phenoxy) is 1. The number of alkyl halides is 3. The van der Waals surface area contributed by atoms with Gasteiger partial charge in [-0.05, 0) is 19.4 Å². The number of urea groups is 1. The molecule has 15 heteroatoms. The van der Waals surface area contributed by atoms with Crippen molar-refractivity contribution in [3.8, 4) is 5.75 Å². The number of fused-ring (bicyclic) bond motifs is 4. The van der Waals surface area contributed by atoms with Gasteiger partial charge in [0.25, 0.3) is 5.91 Å². The zero-order valence-corrected chi connectivity index (χ0v) is 19.5. The number of pyridine rings is 2. The molecule has 11 nitrogen and oxygen atoms in total. The van der Waals surface area contributed by atoms with Crippen LogP contribution in [-0.2, 0) is 0 Å². The van der Waals surface area contributed by atoms with Crippen molar-refractivity contribution in [1.29, 1.82) is 0 Å². The van der Waals surface area contributed by atoms with Crippen molar-refractivity contribution in [2.24, 2.45) is 0 Å². The van der Waals surface area contributed by atoms with Crippen LogP contribution in [0.4, 0.5) is 39.7 Å². The van der Waals surface area contributed by atoms with E-state index in [0.29, 0.717) is 19.5 Å². The van der Waals surface area contributed by atoms with Crippen LogP contribution in [0.25, 0.3) is 0 Å². The Hall–Kier alpha value is -3.72. The molecule has 2 aromatic rings. The predicted octanol–water partition coefficient (Wildman–Crippen LogP) is 1.66. The summed E-state index contributed by atoms with van der Waals surface area (Å²) in [7, 11) is 0. The number of aromatic nitrogens is 2. The van der Waals surface area contributed by atoms with Crippen molar-refractivity contribution >= 4 is 29.3 Å². The third-order valence-electron chi connectivity index (χ3n) is 5.93. The van der Waals surface area contributed by atoms with Gasteiger partial charge in [0.1, 0.15) is 30.3 Å². The van der Waals surface area contributed by atoms with Crippen molar-refractivity contribution in [3.05, 3.63) is 35.9 Å². The third-order valence-corrected chi connectivity index (χ3v) is 5.93. The number of rotatable bonds is 7. The van der Waals surface area contributed by atoms with Crippen LogP contribution in [0.5, 0.6) is 5.75 Å². The number of carbonyl (C=O) groups excluding carboxylic acids is 2. The number of aliphatic hydroxyl groups is 2. The molecule has 3 atom stereocenters. The average molecular weight is 528 g/mol. The molecule has 0 aromatic carbocycles. The SMILES string of the molecule is C[C@@H](NC(=O)c1nc2c(cc1F)N1CCC(C1)N2C(=O)Nc1cc(OC[C@H](O)CO)ccn1)C(F)(F)F. The summed E-state index contributed by atoms with van der Waals surface area (Å²) in [6.45, 7) is 0.875. The van der Waals surface area contributed by atoms with Crippen LogP contribution in [-0.4, -0.2) is 82.8 Å². The highest BCUT2D eigenvalue weighted by Crippen LogP contribution is 2.40. The fourth-order valence-corrected chi connectivity index (χ4v) is 3.98. The molecule has 0 spiro atoms. The van der Waals surface area contributed by atoms with E-state index in [1.807, 2.05) is 0 Å². The van der Waals surface area contributed by atoms with Crippen molar-refractivity contribution in [2.75, 3.05) is 41.4 Å². The number of aliphatic hydroxyl groups excluding tert-OH is 2. The Labute approximate surface area is 208 Å². The number of carbonyl (C=O) groups is 2. The molecule has 0 aliphatic carbocycles. The lowest BCUT2D eigenvalue weighted by Gasteiger charge is -2.35. The van der Waals surface area contributed by atoms with E-state index in [1.54, 1.807) is 10.2 Å². The van der Waals surface area contributed by atoms with Crippen LogP contribution in [0.2, 0.25) is 0 Å². The Morgan fingerprint density at radius 3 is 2.78 bits per heavy atom. The van der Waals surface area contributed by atoms with Gasteiger partial charge < -0.3 is 25.2 Å². The Bertz CT molecular complexity index is 1180. The molecule has 2 aliphatic heterocycles. The van der Waals surface area contributed by atoms with Gasteiger partial charge in [-0.1, -0.05) is 0 Å². The first-order chi connectivity index (χ1) is 17.5. The van der Waals surface area contributed by atoms with Gasteiger partial charge in [0.15, 0.2) is 17.3 Å². The van der Waals surface area contributed by atoms with Crippen molar-refractivity contribution < 1.29 is 42.1 Å². The van der Waals surface area contributed by atoms with Gasteiger partial charge >= 0.3 is 12.2 Å². The standard InChI is InChI=1S/C22H24F4N6O5/c1-11(22(24,25)26)28-20(35)18-15(23)7-16-19(30-18)32(12-3-5-31(16)8-12)21(36)29-17-6-14(2-4-27-17)37-10-13(34)9-33/h2,4,6-7,11-13,33-34H,3,5,8-10H2,1H3,(H,28,35)(H,27,29,36)/t11-,12?,13-/m1/s1. The fraction of sp³-hybridized carbons (Fsp3) is 0.455. The molecular weight excluding hydrogens is 504 g/mol. The van der Waals surface area contributed by atoms with E-state index < -0.39 is 54.4 Å². The summed E-state index contributed by atoms with van der Waals surface area (Å²) in [6, 6.07) is 0.495. The summed E-state index contributed by atoms with van der Waals surface area (Å²) in [6.07, 6.45) is -3.99. The van der Waals surface area contributed by atoms with E-state index in [0.717, 1.165) is 13.0 Å². The Kier molecular flexibility index (Phi) is 7.36. The van der Waals surface area contributed by atoms with Crippen molar-refractivity contribution in [3.63, 3.8) is 0 Å². The second-order valence-corrected chi connectivity index (χ2v) is 8.61. The Morgan fingerprint density at radius 1 is 1.32 bits per heavy atom. The summed E-state index contributed by atoms with van der Waals surface area (Å²) < 4.78 is 58.8. The highest BCUT2D eigenvalue weighted by Gasteiger charge is 2.42. The van der Waals surface area contributed by atoms with Gasteiger partial charge in [-0.3, -0.25) is 15.0 Å². The van der Waals surface area contributed by atoms with Crippen LogP contribution in [0.15, 0.2) is 24.4 Å². The topological polar surface area (TPSA) is 140 Å². The molecule has 2 bridgehead atoms. The maximum atomic E-state index is 14.8. The van der Waals surface area contributed by atoms with E-state index in [2.05, 4.69) is 15.3 Å². The van der Waals surface area contributed by atoms with E-state index in [1.165, 1.54) is 23.2 Å². The fourth-order valence-electron chi connectivity index (χ4n) is 3.98. The van der Waals surface area contributed by atoms with Gasteiger partial charge in [-0.2, -0.15) is 13.2 Å². The van der Waals surface area contributed by atoms with Crippen LogP contribution < -0.4 is 25.2 Å². The van der Waals surface area contributed by atoms with Crippen LogP contribution in [0.1, 0.15) is 23.8 Å². The molecule has 3 amide bonds. The summed E-state index contributed by atoms with van der Waals surface area (Å²) >= 11 is 0. The molecule has 2 aliphatic rings. The van der Waals surface area contributed by atoms with Crippen LogP contribution in [0, 0.1) is 5.82 Å². The highest BCUT2D eigenvalue weighted by molar-refractivity contribution is 6.05. The number of amides is 3. The Morgan fingerprint density at radius 2 is 2.08 bits per heavy atom. The smallest absolute Gasteiger partial charge is 0.408 e. The zero-order valence-electron chi connectivity index (χ0n) is 19.5. The average Bonchev–Trinajstić information content (AvgIpc) is 3.26. The summed E-state index contributed by atoms with van der Waals surface area (Å²) in [5.41, 5.74) is -0.643. The number of halogens is 4. The predicted molar refractivity (Wildman–Crippen MR) is 122 cm³/mol. The van der Waals surface area contributed by atoms with Gasteiger partial charge in [-0.25, -0.2) is 19.2 Å². The van der Waals surface area contributed by atoms with Crippen LogP contribution in [0.3, 0.4) is 0 Å². The minimum Gasteiger partial charge on any atom is -0.491 e. The summed E-state index contributed by atoms with van der Waals surface area (Å²) in [5.74, 6) is -2.23. The summed E-state index contributed by atoms with van der Waals surface area (Å²) in [4.78, 5) is 36.7. The van der Waals surface area contributed by atoms with Gasteiger partial charge in [0.2, 0.25) is 0 Å². The molecule has 1 fully saturated rings. The molecule has 4 N–H and O–H groups in total. The number of nitrogens with one attached hydrogen (secondary N) is 2. The van der Waals surface area contributed by atoms with E-state index in [9.17, 15) is 32.3 Å². The molecular formula is C22H24F4N6O5. The monoisotopic (exact) mass is 528 g/mol. The second-order valence-electron chi connectivity index (χ2n) is 8.61. The minimum absolute atomic E-state index is 0.0713. The Balaban J connectivity index is 1.59. The quantitative estimate of drug-likeness (QED) is 0.398. The lowest BCUT2D eigenvalue weighted by atomic mass is 10.1. The van der Waals surface area contributed by atoms with Crippen molar-refractivity contribution in [2.45, 2.75) is 37.7 Å². The number of nitrogens with zero attached hydrogens (tertiary/aromatic N) is 4. The lowest BCUT2D eigenvalue weighted by molar-refractivity contribution is -0.149. The minimum atomic E-state index is -4.74. The molecule has 0 radical (unpaired) electrons. The molecule has 37 heavy (non-hydrogen) atoms. The van der Waals surface area contributed by atoms with E-state index >= 15 is 0 Å². The van der Waals surface area contributed by atoms with E-state index in [4.69, 9.17) is 9.84 Å². The molecule has 2 aromatic heterocycles. The number of hydrogen-bond acceptors (Lipinski definition) is 8. The summed E-state index contributed by atoms with van der Waals surface area (Å²) in [5, 5.41) is 22.6. The zero-order chi connectivity index (χ0) is 26.9. The largest absolute Gasteiger partial charge is 0.491 e. The molecule has 1 unspecified atom stereocenters. The number of hydrogen-bond donors (Lipinski definition) is 4. The molecule has 4 rings (SSSR count). The van der Waals surface area contributed by atoms with Gasteiger partial charge in [-0.15, -0.1) is 0 Å². The third kappa shape index (κ3) is 5.67. The van der Waals surface area contributed by atoms with Crippen LogP contribution >= 0.6 is 0 Å². The highest BCUT2D eigenvalue weighted by atomic mass is 19.4. The maximum Gasteiger partial charge on any atom is 0.408 e. The maximum absolute atomic E-state index is 14.8. The van der Waals surface area contributed by atoms with Crippen molar-refractivity contribution in [1.82, 2.24) is 15.3 Å². The van der Waals surface area contributed by atoms with Gasteiger partial charge in [0.05, 0.1) is 18.3 Å². The molecule has 0 saturated carbocycles. The first-order valence-electron chi connectivity index (χ1n) is 11.3. The number of anilines is 3. The molecule has 4 heterocycles. The normalized spacial score (nSPS) is 18.2. The first-order valence-corrected chi connectivity index (χ1v) is 11.3. The first kappa shape index (κ1) is 26.3. The second kappa shape index (κ2) is 10.3. The molecule has 1 saturated heterocycles.